The Bertz CT molecular complexity index is 380. The molecule has 2 aliphatic rings. The number of aliphatic carboxylic acids is 1. The summed E-state index contributed by atoms with van der Waals surface area (Å²) in [5, 5.41) is 9.11. The Labute approximate surface area is 126 Å². The Morgan fingerprint density at radius 2 is 1.86 bits per heavy atom. The highest BCUT2D eigenvalue weighted by atomic mass is 16.4. The Morgan fingerprint density at radius 3 is 2.48 bits per heavy atom. The highest BCUT2D eigenvalue weighted by Crippen LogP contribution is 2.20. The fraction of sp³-hybridized carbons (Fsp3) is 0.867. The van der Waals surface area contributed by atoms with Crippen LogP contribution in [0.25, 0.3) is 0 Å². The van der Waals surface area contributed by atoms with Crippen LogP contribution in [0.3, 0.4) is 0 Å². The van der Waals surface area contributed by atoms with Gasteiger partial charge in [-0.25, -0.2) is 4.79 Å². The average Bonchev–Trinajstić information content (AvgIpc) is 2.49. The minimum Gasteiger partial charge on any atom is -0.481 e. The van der Waals surface area contributed by atoms with E-state index in [0.29, 0.717) is 25.4 Å². The third-order valence-corrected chi connectivity index (χ3v) is 4.74. The first-order chi connectivity index (χ1) is 9.97. The molecular weight excluding hydrogens is 270 g/mol. The van der Waals surface area contributed by atoms with E-state index in [1.54, 1.807) is 9.80 Å². The van der Waals surface area contributed by atoms with E-state index in [0.717, 1.165) is 38.9 Å². The Morgan fingerprint density at radius 1 is 1.19 bits per heavy atom. The normalized spacial score (nSPS) is 24.9. The van der Waals surface area contributed by atoms with Gasteiger partial charge < -0.3 is 19.8 Å². The van der Waals surface area contributed by atoms with Crippen LogP contribution in [-0.4, -0.2) is 78.6 Å². The van der Waals surface area contributed by atoms with Gasteiger partial charge in [0.25, 0.3) is 0 Å². The summed E-state index contributed by atoms with van der Waals surface area (Å²) in [7, 11) is 3.97. The summed E-state index contributed by atoms with van der Waals surface area (Å²) in [5.41, 5.74) is 0. The summed E-state index contributed by atoms with van der Waals surface area (Å²) in [6, 6.07) is -0.0140. The molecule has 0 unspecified atom stereocenters. The smallest absolute Gasteiger partial charge is 0.319 e. The number of carboxylic acid groups (broad SMARTS) is 1. The number of amides is 2. The number of likely N-dealkylation sites (tertiary alicyclic amines) is 2. The lowest BCUT2D eigenvalue weighted by Gasteiger charge is -2.36. The molecule has 0 aromatic carbocycles. The molecule has 2 saturated heterocycles. The van der Waals surface area contributed by atoms with Gasteiger partial charge in [0, 0.05) is 26.7 Å². The van der Waals surface area contributed by atoms with Crippen LogP contribution < -0.4 is 0 Å². The summed E-state index contributed by atoms with van der Waals surface area (Å²) in [5.74, 6) is -0.625. The number of carboxylic acids is 1. The summed E-state index contributed by atoms with van der Waals surface area (Å²) in [4.78, 5) is 29.3. The SMILES string of the molecule is CN1CCC(CN(C)C(=O)N2CCC[C@@H](C(=O)O)C2)CC1. The number of urea groups is 1. The van der Waals surface area contributed by atoms with Gasteiger partial charge in [-0.1, -0.05) is 0 Å². The molecule has 2 rings (SSSR count). The van der Waals surface area contributed by atoms with Gasteiger partial charge in [-0.3, -0.25) is 4.79 Å². The van der Waals surface area contributed by atoms with Crippen molar-refractivity contribution in [3.63, 3.8) is 0 Å². The van der Waals surface area contributed by atoms with Crippen molar-refractivity contribution in [3.8, 4) is 0 Å². The van der Waals surface area contributed by atoms with E-state index in [4.69, 9.17) is 5.11 Å². The molecule has 2 fully saturated rings. The first kappa shape index (κ1) is 16.1. The van der Waals surface area contributed by atoms with Gasteiger partial charge in [-0.2, -0.15) is 0 Å². The van der Waals surface area contributed by atoms with Crippen molar-refractivity contribution in [3.05, 3.63) is 0 Å². The van der Waals surface area contributed by atoms with E-state index in [2.05, 4.69) is 11.9 Å². The predicted octanol–water partition coefficient (Wildman–Crippen LogP) is 1.18. The molecule has 21 heavy (non-hydrogen) atoms. The van der Waals surface area contributed by atoms with Crippen LogP contribution in [0, 0.1) is 11.8 Å². The molecule has 2 amide bonds. The number of nitrogens with zero attached hydrogens (tertiary/aromatic N) is 3. The summed E-state index contributed by atoms with van der Waals surface area (Å²) < 4.78 is 0. The van der Waals surface area contributed by atoms with E-state index >= 15 is 0 Å². The van der Waals surface area contributed by atoms with Crippen molar-refractivity contribution in [1.82, 2.24) is 14.7 Å². The van der Waals surface area contributed by atoms with E-state index in [1.807, 2.05) is 7.05 Å². The predicted molar refractivity (Wildman–Crippen MR) is 80.2 cm³/mol. The standard InChI is InChI=1S/C15H27N3O3/c1-16-8-5-12(6-9-16)10-17(2)15(21)18-7-3-4-13(11-18)14(19)20/h12-13H,3-11H2,1-2H3,(H,19,20)/t13-/m1/s1. The van der Waals surface area contributed by atoms with Crippen molar-refractivity contribution >= 4 is 12.0 Å². The number of carbonyl (C=O) groups is 2. The average molecular weight is 297 g/mol. The Hall–Kier alpha value is -1.30. The Kier molecular flexibility index (Phi) is 5.45. The highest BCUT2D eigenvalue weighted by Gasteiger charge is 2.30. The fourth-order valence-electron chi connectivity index (χ4n) is 3.30. The van der Waals surface area contributed by atoms with Crippen molar-refractivity contribution < 1.29 is 14.7 Å². The van der Waals surface area contributed by atoms with Crippen molar-refractivity contribution in [1.29, 1.82) is 0 Å². The minimum absolute atomic E-state index is 0.0140. The number of hydrogen-bond acceptors (Lipinski definition) is 3. The molecule has 6 heteroatoms. The number of carbonyl (C=O) groups excluding carboxylic acids is 1. The van der Waals surface area contributed by atoms with Crippen LogP contribution in [-0.2, 0) is 4.79 Å². The molecule has 2 aliphatic heterocycles. The molecule has 0 aromatic rings. The molecule has 6 nitrogen and oxygen atoms in total. The molecule has 120 valence electrons. The molecule has 0 aromatic heterocycles. The molecule has 0 radical (unpaired) electrons. The maximum atomic E-state index is 12.5. The van der Waals surface area contributed by atoms with E-state index in [1.165, 1.54) is 0 Å². The zero-order valence-corrected chi connectivity index (χ0v) is 13.1. The van der Waals surface area contributed by atoms with Crippen LogP contribution in [0.1, 0.15) is 25.7 Å². The maximum absolute atomic E-state index is 12.5. The van der Waals surface area contributed by atoms with Gasteiger partial charge in [0.1, 0.15) is 0 Å². The van der Waals surface area contributed by atoms with Gasteiger partial charge in [0.15, 0.2) is 0 Å². The van der Waals surface area contributed by atoms with Gasteiger partial charge in [0.2, 0.25) is 0 Å². The molecule has 0 spiro atoms. The molecule has 1 atom stereocenters. The lowest BCUT2D eigenvalue weighted by molar-refractivity contribution is -0.143. The van der Waals surface area contributed by atoms with Gasteiger partial charge in [-0.15, -0.1) is 0 Å². The lowest BCUT2D eigenvalue weighted by Crippen LogP contribution is -2.49. The van der Waals surface area contributed by atoms with Gasteiger partial charge in [-0.05, 0) is 51.7 Å². The second-order valence-electron chi connectivity index (χ2n) is 6.53. The molecule has 0 bridgehead atoms. The van der Waals surface area contributed by atoms with Crippen LogP contribution >= 0.6 is 0 Å². The van der Waals surface area contributed by atoms with E-state index < -0.39 is 11.9 Å². The number of hydrogen-bond donors (Lipinski definition) is 1. The topological polar surface area (TPSA) is 64.1 Å². The molecule has 2 heterocycles. The summed E-state index contributed by atoms with van der Waals surface area (Å²) >= 11 is 0. The van der Waals surface area contributed by atoms with Crippen LogP contribution in [0.4, 0.5) is 4.79 Å². The second kappa shape index (κ2) is 7.11. The van der Waals surface area contributed by atoms with E-state index in [-0.39, 0.29) is 6.03 Å². The van der Waals surface area contributed by atoms with Crippen LogP contribution in [0.2, 0.25) is 0 Å². The van der Waals surface area contributed by atoms with Gasteiger partial charge in [0.05, 0.1) is 5.92 Å². The maximum Gasteiger partial charge on any atom is 0.319 e. The van der Waals surface area contributed by atoms with Crippen molar-refractivity contribution in [2.45, 2.75) is 25.7 Å². The first-order valence-electron chi connectivity index (χ1n) is 7.88. The molecule has 0 aliphatic carbocycles. The largest absolute Gasteiger partial charge is 0.481 e. The Balaban J connectivity index is 1.82. The summed E-state index contributed by atoms with van der Waals surface area (Å²) in [6.07, 6.45) is 3.72. The minimum atomic E-state index is -0.787. The zero-order valence-electron chi connectivity index (χ0n) is 13.1. The third kappa shape index (κ3) is 4.33. The fourth-order valence-corrected chi connectivity index (χ4v) is 3.30. The molecule has 0 saturated carbocycles. The van der Waals surface area contributed by atoms with Crippen molar-refractivity contribution in [2.24, 2.45) is 11.8 Å². The zero-order chi connectivity index (χ0) is 15.4. The highest BCUT2D eigenvalue weighted by molar-refractivity contribution is 5.76. The number of piperidine rings is 2. The molecule has 1 N–H and O–H groups in total. The third-order valence-electron chi connectivity index (χ3n) is 4.74. The van der Waals surface area contributed by atoms with Crippen LogP contribution in [0.15, 0.2) is 0 Å². The van der Waals surface area contributed by atoms with Gasteiger partial charge >= 0.3 is 12.0 Å². The monoisotopic (exact) mass is 297 g/mol. The quantitative estimate of drug-likeness (QED) is 0.849. The number of rotatable bonds is 3. The molecular formula is C15H27N3O3. The lowest BCUT2D eigenvalue weighted by atomic mass is 9.96. The first-order valence-corrected chi connectivity index (χ1v) is 7.88. The van der Waals surface area contributed by atoms with Crippen LogP contribution in [0.5, 0.6) is 0 Å². The summed E-state index contributed by atoms with van der Waals surface area (Å²) in [6.45, 7) is 4.00. The van der Waals surface area contributed by atoms with E-state index in [9.17, 15) is 9.59 Å². The second-order valence-corrected chi connectivity index (χ2v) is 6.53. The van der Waals surface area contributed by atoms with Crippen molar-refractivity contribution in [2.75, 3.05) is 46.8 Å².